The number of nitrogens with zero attached hydrogens (tertiary/aromatic N) is 1. The lowest BCUT2D eigenvalue weighted by Gasteiger charge is -2.49. The van der Waals surface area contributed by atoms with E-state index in [1.807, 2.05) is 0 Å². The fourth-order valence-corrected chi connectivity index (χ4v) is 4.80. The third-order valence-electron chi connectivity index (χ3n) is 6.77. The molecule has 2 aliphatic rings. The molecule has 0 unspecified atom stereocenters. The van der Waals surface area contributed by atoms with Crippen molar-refractivity contribution < 1.29 is 28.6 Å². The van der Waals surface area contributed by atoms with Crippen molar-refractivity contribution in [3.8, 4) is 0 Å². The monoisotopic (exact) mass is 472 g/mol. The zero-order valence-electron chi connectivity index (χ0n) is 18.6. The number of nitrogens with one attached hydrogen (secondary N) is 1. The topological polar surface area (TPSA) is 89.9 Å². The molecule has 32 heavy (non-hydrogen) atoms. The molecule has 6 nitrogen and oxygen atoms in total. The molecule has 1 aliphatic carbocycles. The van der Waals surface area contributed by atoms with Crippen LogP contribution in [0, 0.1) is 11.8 Å². The molecule has 1 saturated carbocycles. The normalized spacial score (nSPS) is 30.9. The number of benzene rings is 1. The van der Waals surface area contributed by atoms with E-state index < -0.39 is 47.3 Å². The van der Waals surface area contributed by atoms with E-state index in [0.29, 0.717) is 10.6 Å². The van der Waals surface area contributed by atoms with Gasteiger partial charge in [0.15, 0.2) is 0 Å². The molecule has 0 spiro atoms. The molecule has 2 fully saturated rings. The summed E-state index contributed by atoms with van der Waals surface area (Å²) >= 11 is 5.93. The number of halogens is 3. The zero-order valence-corrected chi connectivity index (χ0v) is 19.3. The summed E-state index contributed by atoms with van der Waals surface area (Å²) in [4.78, 5) is 27.2. The van der Waals surface area contributed by atoms with E-state index >= 15 is 0 Å². The number of rotatable bonds is 5. The van der Waals surface area contributed by atoms with Gasteiger partial charge in [-0.05, 0) is 37.0 Å². The third-order valence-corrected chi connectivity index (χ3v) is 7.02. The van der Waals surface area contributed by atoms with Crippen molar-refractivity contribution in [3.63, 3.8) is 0 Å². The summed E-state index contributed by atoms with van der Waals surface area (Å²) in [6.45, 7) is 5.00. The Morgan fingerprint density at radius 2 is 1.81 bits per heavy atom. The highest BCUT2D eigenvalue weighted by atomic mass is 35.5. The zero-order chi connectivity index (χ0) is 23.9. The molecule has 1 heterocycles. The molecule has 0 bridgehead atoms. The van der Waals surface area contributed by atoms with Crippen molar-refractivity contribution in [3.05, 3.63) is 34.9 Å². The smallest absolute Gasteiger partial charge is 0.248 e. The van der Waals surface area contributed by atoms with Crippen LogP contribution in [-0.4, -0.2) is 57.6 Å². The lowest BCUT2D eigenvalue weighted by atomic mass is 9.73. The number of hydrogen-bond donors (Lipinski definition) is 3. The molecule has 3 rings (SSSR count). The Labute approximate surface area is 191 Å². The van der Waals surface area contributed by atoms with Crippen LogP contribution in [0.5, 0.6) is 0 Å². The Hall–Kier alpha value is -1.77. The number of piperidine rings is 1. The van der Waals surface area contributed by atoms with Crippen LogP contribution >= 0.6 is 11.6 Å². The van der Waals surface area contributed by atoms with Crippen molar-refractivity contribution >= 4 is 23.4 Å². The quantitative estimate of drug-likeness (QED) is 0.614. The van der Waals surface area contributed by atoms with Crippen LogP contribution in [0.3, 0.4) is 0 Å². The van der Waals surface area contributed by atoms with Gasteiger partial charge in [0.1, 0.15) is 17.2 Å². The van der Waals surface area contributed by atoms with Gasteiger partial charge in [0.2, 0.25) is 17.7 Å². The van der Waals surface area contributed by atoms with Crippen LogP contribution in [0.15, 0.2) is 24.3 Å². The predicted molar refractivity (Wildman–Crippen MR) is 116 cm³/mol. The number of β-amino-alcohol motifs (C(OH)–C–C–N with tert-alkyl or cyclic N) is 1. The molecular formula is C23H31ClF2N2O4. The number of carbonyl (C=O) groups excluding carboxylic acids is 2. The van der Waals surface area contributed by atoms with Gasteiger partial charge in [0.25, 0.3) is 0 Å². The summed E-state index contributed by atoms with van der Waals surface area (Å²) in [6.07, 6.45) is -0.667. The number of likely N-dealkylation sites (tertiary alicyclic amines) is 1. The third kappa shape index (κ3) is 4.92. The molecule has 178 valence electrons. The van der Waals surface area contributed by atoms with Crippen LogP contribution in [-0.2, 0) is 15.2 Å². The van der Waals surface area contributed by atoms with Gasteiger partial charge in [0, 0.05) is 36.7 Å². The van der Waals surface area contributed by atoms with Crippen LogP contribution in [0.1, 0.15) is 52.0 Å². The molecule has 0 aromatic heterocycles. The first kappa shape index (κ1) is 24.9. The Morgan fingerprint density at radius 1 is 1.19 bits per heavy atom. The van der Waals surface area contributed by atoms with Crippen LogP contribution in [0.2, 0.25) is 5.02 Å². The van der Waals surface area contributed by atoms with Crippen molar-refractivity contribution in [2.75, 3.05) is 13.1 Å². The fraction of sp³-hybridized carbons (Fsp3) is 0.652. The second-order valence-electron chi connectivity index (χ2n) is 9.68. The highest BCUT2D eigenvalue weighted by molar-refractivity contribution is 6.30. The summed E-state index contributed by atoms with van der Waals surface area (Å²) in [5.41, 5.74) is -2.75. The van der Waals surface area contributed by atoms with Crippen LogP contribution < -0.4 is 5.32 Å². The van der Waals surface area contributed by atoms with Crippen molar-refractivity contribution in [2.24, 2.45) is 11.8 Å². The summed E-state index contributed by atoms with van der Waals surface area (Å²) in [6, 6.07) is 5.62. The van der Waals surface area contributed by atoms with Gasteiger partial charge in [-0.15, -0.1) is 0 Å². The largest absolute Gasteiger partial charge is 0.385 e. The molecule has 1 aliphatic heterocycles. The van der Waals surface area contributed by atoms with E-state index in [-0.39, 0.29) is 38.3 Å². The van der Waals surface area contributed by atoms with Crippen molar-refractivity contribution in [1.29, 1.82) is 0 Å². The lowest BCUT2D eigenvalue weighted by Crippen LogP contribution is -2.64. The highest BCUT2D eigenvalue weighted by Gasteiger charge is 2.52. The molecule has 3 N–H and O–H groups in total. The van der Waals surface area contributed by atoms with Crippen LogP contribution in [0.25, 0.3) is 0 Å². The Kier molecular flexibility index (Phi) is 6.90. The molecule has 2 amide bonds. The molecule has 0 radical (unpaired) electrons. The molecule has 1 aromatic carbocycles. The average molecular weight is 473 g/mol. The van der Waals surface area contributed by atoms with E-state index in [1.54, 1.807) is 38.1 Å². The second-order valence-corrected chi connectivity index (χ2v) is 10.1. The van der Waals surface area contributed by atoms with Crippen LogP contribution in [0.4, 0.5) is 8.78 Å². The minimum Gasteiger partial charge on any atom is -0.385 e. The SMILES string of the molecule is CC(C)[C@@H](NC(=O)[C@@H]1CCC(F)(F)C1)C(=O)N1CC[C@](O)(c2ccc(Cl)cc2)[C@@](C)(O)C1. The molecule has 1 aromatic rings. The molecular weight excluding hydrogens is 442 g/mol. The van der Waals surface area contributed by atoms with Gasteiger partial charge >= 0.3 is 0 Å². The van der Waals surface area contributed by atoms with E-state index in [2.05, 4.69) is 5.32 Å². The highest BCUT2D eigenvalue weighted by Crippen LogP contribution is 2.41. The number of hydrogen-bond acceptors (Lipinski definition) is 4. The molecule has 4 atom stereocenters. The number of carbonyl (C=O) groups is 2. The number of amides is 2. The maximum Gasteiger partial charge on any atom is 0.248 e. The van der Waals surface area contributed by atoms with Gasteiger partial charge in [-0.25, -0.2) is 8.78 Å². The minimum absolute atomic E-state index is 0.0843. The van der Waals surface area contributed by atoms with Gasteiger partial charge in [-0.1, -0.05) is 37.6 Å². The Balaban J connectivity index is 1.72. The van der Waals surface area contributed by atoms with Crippen molar-refractivity contribution in [2.45, 2.75) is 69.6 Å². The van der Waals surface area contributed by atoms with Crippen molar-refractivity contribution in [1.82, 2.24) is 10.2 Å². The number of aliphatic hydroxyl groups is 2. The maximum atomic E-state index is 13.5. The Morgan fingerprint density at radius 3 is 2.31 bits per heavy atom. The minimum atomic E-state index is -2.85. The fourth-order valence-electron chi connectivity index (χ4n) is 4.67. The molecule has 1 saturated heterocycles. The predicted octanol–water partition coefficient (Wildman–Crippen LogP) is 3.09. The lowest BCUT2D eigenvalue weighted by molar-refractivity contribution is -0.192. The van der Waals surface area contributed by atoms with E-state index in [9.17, 15) is 28.6 Å². The maximum absolute atomic E-state index is 13.5. The van der Waals surface area contributed by atoms with Gasteiger partial charge < -0.3 is 20.4 Å². The van der Waals surface area contributed by atoms with Gasteiger partial charge in [-0.3, -0.25) is 9.59 Å². The average Bonchev–Trinajstić information content (AvgIpc) is 3.07. The number of alkyl halides is 2. The second kappa shape index (κ2) is 8.88. The standard InChI is InChI=1S/C23H31ClF2N2O4/c1-14(2)18(27-19(29)15-8-9-22(25,26)12-15)20(30)28-11-10-23(32,21(3,31)13-28)16-4-6-17(24)7-5-16/h4-7,14-15,18,31-32H,8-13H2,1-3H3,(H,27,29)/t15-,18-,21+,23+/m1/s1. The van der Waals surface area contributed by atoms with E-state index in [4.69, 9.17) is 11.6 Å². The first-order chi connectivity index (χ1) is 14.8. The summed E-state index contributed by atoms with van der Waals surface area (Å²) in [7, 11) is 0. The first-order valence-electron chi connectivity index (χ1n) is 10.9. The first-order valence-corrected chi connectivity index (χ1v) is 11.3. The summed E-state index contributed by atoms with van der Waals surface area (Å²) in [5.74, 6) is -4.90. The van der Waals surface area contributed by atoms with E-state index in [0.717, 1.165) is 0 Å². The van der Waals surface area contributed by atoms with Gasteiger partial charge in [-0.2, -0.15) is 0 Å². The summed E-state index contributed by atoms with van der Waals surface area (Å²) < 4.78 is 27.0. The van der Waals surface area contributed by atoms with E-state index in [1.165, 1.54) is 11.8 Å². The Bertz CT molecular complexity index is 862. The molecule has 9 heteroatoms. The summed E-state index contributed by atoms with van der Waals surface area (Å²) in [5, 5.41) is 25.6. The van der Waals surface area contributed by atoms with Gasteiger partial charge in [0.05, 0.1) is 6.54 Å².